The number of ether oxygens (including phenoxy) is 3. The van der Waals surface area contributed by atoms with Crippen LogP contribution in [0.5, 0.6) is 0 Å². The lowest BCUT2D eigenvalue weighted by atomic mass is 9.99. The van der Waals surface area contributed by atoms with Crippen LogP contribution in [0.1, 0.15) is 227 Å². The summed E-state index contributed by atoms with van der Waals surface area (Å²) in [4.78, 5) is 37.5. The van der Waals surface area contributed by atoms with E-state index in [0.717, 1.165) is 69.6 Å². The van der Waals surface area contributed by atoms with Gasteiger partial charge in [-0.15, -0.1) is 0 Å². The van der Waals surface area contributed by atoms with Gasteiger partial charge in [0.05, 0.1) is 0 Å². The van der Waals surface area contributed by atoms with Crippen LogP contribution in [0.25, 0.3) is 0 Å². The molecular formula is C43H82O6. The van der Waals surface area contributed by atoms with E-state index in [4.69, 9.17) is 14.2 Å². The average molecular weight is 695 g/mol. The van der Waals surface area contributed by atoms with Crippen LogP contribution in [-0.4, -0.2) is 37.2 Å². The minimum absolute atomic E-state index is 0.0663. The second-order valence-electron chi connectivity index (χ2n) is 15.3. The average Bonchev–Trinajstić information content (AvgIpc) is 3.08. The van der Waals surface area contributed by atoms with Gasteiger partial charge in [-0.1, -0.05) is 189 Å². The number of esters is 3. The van der Waals surface area contributed by atoms with Gasteiger partial charge < -0.3 is 14.2 Å². The van der Waals surface area contributed by atoms with Gasteiger partial charge in [0.2, 0.25) is 0 Å². The Morgan fingerprint density at radius 3 is 1.16 bits per heavy atom. The molecule has 49 heavy (non-hydrogen) atoms. The quantitative estimate of drug-likeness (QED) is 0.0366. The van der Waals surface area contributed by atoms with Crippen molar-refractivity contribution in [1.82, 2.24) is 0 Å². The summed E-state index contributed by atoms with van der Waals surface area (Å²) in [6.45, 7) is 11.3. The Balaban J connectivity index is 4.32. The van der Waals surface area contributed by atoms with Gasteiger partial charge in [-0.2, -0.15) is 0 Å². The van der Waals surface area contributed by atoms with E-state index in [1.54, 1.807) is 0 Å². The van der Waals surface area contributed by atoms with Crippen LogP contribution >= 0.6 is 0 Å². The fourth-order valence-corrected chi connectivity index (χ4v) is 6.19. The third-order valence-electron chi connectivity index (χ3n) is 9.83. The number of hydrogen-bond acceptors (Lipinski definition) is 6. The number of carbonyl (C=O) groups excluding carboxylic acids is 3. The standard InChI is InChI=1S/C43H82O6/c1-6-8-9-10-16-23-28-33-41(44)47-36-40(49-43(46)35-30-25-20-15-14-18-22-27-32-39(5)7-2)37-48-42(45)34-29-24-19-13-11-12-17-21-26-31-38(3)4/h38-40H,6-37H2,1-5H3/t39?,40-/m1/s1. The molecule has 0 radical (unpaired) electrons. The Morgan fingerprint density at radius 1 is 0.429 bits per heavy atom. The third kappa shape index (κ3) is 36.0. The zero-order chi connectivity index (χ0) is 36.2. The summed E-state index contributed by atoms with van der Waals surface area (Å²) in [5, 5.41) is 0. The first-order valence-corrected chi connectivity index (χ1v) is 21.3. The van der Waals surface area contributed by atoms with Gasteiger partial charge in [-0.25, -0.2) is 0 Å². The molecule has 0 aliphatic carbocycles. The number of carbonyl (C=O) groups is 3. The van der Waals surface area contributed by atoms with E-state index >= 15 is 0 Å². The van der Waals surface area contributed by atoms with Crippen molar-refractivity contribution < 1.29 is 28.6 Å². The Labute approximate surface area is 304 Å². The molecule has 2 atom stereocenters. The predicted octanol–water partition coefficient (Wildman–Crippen LogP) is 13.0. The SMILES string of the molecule is CCCCCCCCCC(=O)OC[C@H](COC(=O)CCCCCCCCCCCC(C)C)OC(=O)CCCCCCCCCCC(C)CC. The lowest BCUT2D eigenvalue weighted by Gasteiger charge is -2.18. The lowest BCUT2D eigenvalue weighted by molar-refractivity contribution is -0.167. The molecule has 0 bridgehead atoms. The van der Waals surface area contributed by atoms with Crippen molar-refractivity contribution in [3.63, 3.8) is 0 Å². The van der Waals surface area contributed by atoms with E-state index in [1.165, 1.54) is 116 Å². The van der Waals surface area contributed by atoms with E-state index in [2.05, 4.69) is 34.6 Å². The maximum atomic E-state index is 12.6. The van der Waals surface area contributed by atoms with Crippen molar-refractivity contribution in [2.75, 3.05) is 13.2 Å². The summed E-state index contributed by atoms with van der Waals surface area (Å²) in [6, 6.07) is 0. The molecule has 0 saturated carbocycles. The Hall–Kier alpha value is -1.59. The van der Waals surface area contributed by atoms with Gasteiger partial charge in [-0.3, -0.25) is 14.4 Å². The molecule has 290 valence electrons. The first-order chi connectivity index (χ1) is 23.8. The summed E-state index contributed by atoms with van der Waals surface area (Å²) in [5.41, 5.74) is 0. The third-order valence-corrected chi connectivity index (χ3v) is 9.83. The summed E-state index contributed by atoms with van der Waals surface area (Å²) in [7, 11) is 0. The van der Waals surface area contributed by atoms with E-state index in [9.17, 15) is 14.4 Å². The van der Waals surface area contributed by atoms with Crippen LogP contribution in [0.2, 0.25) is 0 Å². The van der Waals surface area contributed by atoms with Crippen LogP contribution < -0.4 is 0 Å². The second kappa shape index (κ2) is 36.2. The highest BCUT2D eigenvalue weighted by Gasteiger charge is 2.19. The molecule has 0 N–H and O–H groups in total. The van der Waals surface area contributed by atoms with Crippen molar-refractivity contribution in [3.8, 4) is 0 Å². The lowest BCUT2D eigenvalue weighted by Crippen LogP contribution is -2.30. The maximum absolute atomic E-state index is 12.6. The van der Waals surface area contributed by atoms with Gasteiger partial charge >= 0.3 is 17.9 Å². The molecule has 0 aromatic heterocycles. The van der Waals surface area contributed by atoms with Crippen LogP contribution in [0.15, 0.2) is 0 Å². The fourth-order valence-electron chi connectivity index (χ4n) is 6.19. The second-order valence-corrected chi connectivity index (χ2v) is 15.3. The minimum Gasteiger partial charge on any atom is -0.462 e. The highest BCUT2D eigenvalue weighted by Crippen LogP contribution is 2.16. The molecule has 0 aromatic carbocycles. The Kier molecular flexibility index (Phi) is 35.0. The fraction of sp³-hybridized carbons (Fsp3) is 0.930. The van der Waals surface area contributed by atoms with Crippen molar-refractivity contribution in [2.45, 2.75) is 233 Å². The molecule has 0 amide bonds. The highest BCUT2D eigenvalue weighted by molar-refractivity contribution is 5.71. The number of rotatable bonds is 37. The van der Waals surface area contributed by atoms with Crippen LogP contribution in [0.4, 0.5) is 0 Å². The van der Waals surface area contributed by atoms with Crippen LogP contribution in [0.3, 0.4) is 0 Å². The molecular weight excluding hydrogens is 612 g/mol. The Morgan fingerprint density at radius 2 is 0.776 bits per heavy atom. The predicted molar refractivity (Wildman–Crippen MR) is 206 cm³/mol. The summed E-state index contributed by atoms with van der Waals surface area (Å²) in [5.74, 6) is 0.783. The summed E-state index contributed by atoms with van der Waals surface area (Å²) >= 11 is 0. The molecule has 0 aliphatic rings. The monoisotopic (exact) mass is 695 g/mol. The van der Waals surface area contributed by atoms with Crippen molar-refractivity contribution in [3.05, 3.63) is 0 Å². The van der Waals surface area contributed by atoms with Crippen molar-refractivity contribution in [1.29, 1.82) is 0 Å². The molecule has 0 heterocycles. The smallest absolute Gasteiger partial charge is 0.306 e. The van der Waals surface area contributed by atoms with E-state index < -0.39 is 6.10 Å². The molecule has 0 spiro atoms. The summed E-state index contributed by atoms with van der Waals surface area (Å²) in [6.07, 6.45) is 32.4. The van der Waals surface area contributed by atoms with Gasteiger partial charge in [0.1, 0.15) is 13.2 Å². The zero-order valence-electron chi connectivity index (χ0n) is 33.3. The normalized spacial score (nSPS) is 12.6. The van der Waals surface area contributed by atoms with Gasteiger partial charge in [0.15, 0.2) is 6.10 Å². The van der Waals surface area contributed by atoms with E-state index in [1.807, 2.05) is 0 Å². The molecule has 0 rings (SSSR count). The van der Waals surface area contributed by atoms with Gasteiger partial charge in [-0.05, 0) is 31.1 Å². The first kappa shape index (κ1) is 47.4. The topological polar surface area (TPSA) is 78.9 Å². The molecule has 6 heteroatoms. The molecule has 0 fully saturated rings. The molecule has 0 saturated heterocycles. The number of hydrogen-bond donors (Lipinski definition) is 0. The molecule has 0 aromatic rings. The van der Waals surface area contributed by atoms with Crippen molar-refractivity contribution in [2.24, 2.45) is 11.8 Å². The minimum atomic E-state index is -0.759. The number of unbranched alkanes of at least 4 members (excludes halogenated alkanes) is 21. The van der Waals surface area contributed by atoms with E-state index in [0.29, 0.717) is 19.3 Å². The highest BCUT2D eigenvalue weighted by atomic mass is 16.6. The van der Waals surface area contributed by atoms with E-state index in [-0.39, 0.29) is 31.1 Å². The Bertz CT molecular complexity index is 751. The summed E-state index contributed by atoms with van der Waals surface area (Å²) < 4.78 is 16.6. The molecule has 0 aliphatic heterocycles. The zero-order valence-corrected chi connectivity index (χ0v) is 33.3. The van der Waals surface area contributed by atoms with Crippen LogP contribution in [-0.2, 0) is 28.6 Å². The van der Waals surface area contributed by atoms with Crippen LogP contribution in [0, 0.1) is 11.8 Å². The first-order valence-electron chi connectivity index (χ1n) is 21.3. The van der Waals surface area contributed by atoms with Gasteiger partial charge in [0, 0.05) is 19.3 Å². The van der Waals surface area contributed by atoms with Gasteiger partial charge in [0.25, 0.3) is 0 Å². The largest absolute Gasteiger partial charge is 0.462 e. The maximum Gasteiger partial charge on any atom is 0.306 e. The molecule has 1 unspecified atom stereocenters. The van der Waals surface area contributed by atoms with Crippen molar-refractivity contribution >= 4 is 17.9 Å². The molecule has 6 nitrogen and oxygen atoms in total.